The van der Waals surface area contributed by atoms with Gasteiger partial charge in [-0.05, 0) is 31.0 Å². The molecule has 0 N–H and O–H groups in total. The van der Waals surface area contributed by atoms with E-state index in [-0.39, 0.29) is 17.2 Å². The molecule has 4 nitrogen and oxygen atoms in total. The van der Waals surface area contributed by atoms with Crippen LogP contribution < -0.4 is 5.69 Å². The van der Waals surface area contributed by atoms with Crippen LogP contribution in [0, 0.1) is 5.92 Å². The van der Waals surface area contributed by atoms with Gasteiger partial charge in [0, 0.05) is 31.1 Å². The molecule has 6 heteroatoms. The largest absolute Gasteiger partial charge is 0.378 e. The smallest absolute Gasteiger partial charge is 0.328 e. The zero-order valence-corrected chi connectivity index (χ0v) is 14.6. The molecule has 114 valence electrons. The molecule has 3 atom stereocenters. The normalized spacial score (nSPS) is 23.9. The third-order valence-corrected chi connectivity index (χ3v) is 5.74. The summed E-state index contributed by atoms with van der Waals surface area (Å²) in [5.41, 5.74) is 2.79. The van der Waals surface area contributed by atoms with Gasteiger partial charge in [0.05, 0.1) is 22.5 Å². The van der Waals surface area contributed by atoms with Gasteiger partial charge in [-0.1, -0.05) is 15.9 Å². The van der Waals surface area contributed by atoms with E-state index in [4.69, 9.17) is 16.3 Å². The highest BCUT2D eigenvalue weighted by Crippen LogP contribution is 2.41. The van der Waals surface area contributed by atoms with E-state index < -0.39 is 0 Å². The van der Waals surface area contributed by atoms with E-state index >= 15 is 0 Å². The number of imidazole rings is 1. The average molecular weight is 374 g/mol. The van der Waals surface area contributed by atoms with Gasteiger partial charge in [-0.15, -0.1) is 11.6 Å². The average Bonchev–Trinajstić information content (AvgIpc) is 2.97. The first kappa shape index (κ1) is 15.1. The number of rotatable bonds is 2. The molecule has 3 unspecified atom stereocenters. The number of hydrogen-bond acceptors (Lipinski definition) is 2. The van der Waals surface area contributed by atoms with Crippen LogP contribution in [0.1, 0.15) is 24.3 Å². The van der Waals surface area contributed by atoms with Crippen molar-refractivity contribution in [3.63, 3.8) is 0 Å². The molecule has 1 aliphatic heterocycles. The lowest BCUT2D eigenvalue weighted by Crippen LogP contribution is -2.19. The lowest BCUT2D eigenvalue weighted by atomic mass is 9.93. The summed E-state index contributed by atoms with van der Waals surface area (Å²) < 4.78 is 9.87. The predicted molar refractivity (Wildman–Crippen MR) is 88.0 cm³/mol. The van der Waals surface area contributed by atoms with Crippen molar-refractivity contribution >= 4 is 38.6 Å². The lowest BCUT2D eigenvalue weighted by Gasteiger charge is -2.21. The van der Waals surface area contributed by atoms with E-state index in [1.54, 1.807) is 23.2 Å². The molecule has 1 saturated heterocycles. The minimum absolute atomic E-state index is 0.0299. The molecular formula is C15H18BrClN2O2. The summed E-state index contributed by atoms with van der Waals surface area (Å²) in [5.74, 6) is 0.293. The first-order chi connectivity index (χ1) is 9.91. The summed E-state index contributed by atoms with van der Waals surface area (Å²) in [5, 5.41) is -0.128. The maximum atomic E-state index is 12.0. The Labute approximate surface area is 136 Å². The van der Waals surface area contributed by atoms with E-state index in [0.29, 0.717) is 5.92 Å². The van der Waals surface area contributed by atoms with E-state index in [0.717, 1.165) is 34.1 Å². The van der Waals surface area contributed by atoms with Crippen molar-refractivity contribution in [1.82, 2.24) is 9.13 Å². The minimum atomic E-state index is -0.128. The number of aryl methyl sites for hydroxylation is 2. The zero-order valence-electron chi connectivity index (χ0n) is 12.3. The summed E-state index contributed by atoms with van der Waals surface area (Å²) in [6.45, 7) is 2.83. The van der Waals surface area contributed by atoms with Gasteiger partial charge in [0.2, 0.25) is 0 Å². The number of benzene rings is 1. The molecule has 2 aromatic rings. The first-order valence-corrected chi connectivity index (χ1v) is 8.25. The number of hydrogen-bond donors (Lipinski definition) is 0. The Morgan fingerprint density at radius 1 is 1.33 bits per heavy atom. The third kappa shape index (κ3) is 2.35. The molecule has 2 heterocycles. The molecule has 1 aromatic carbocycles. The van der Waals surface area contributed by atoms with Crippen LogP contribution in [0.3, 0.4) is 0 Å². The van der Waals surface area contributed by atoms with Gasteiger partial charge in [-0.3, -0.25) is 9.13 Å². The topological polar surface area (TPSA) is 36.2 Å². The van der Waals surface area contributed by atoms with Gasteiger partial charge in [0.15, 0.2) is 0 Å². The molecule has 0 bridgehead atoms. The molecule has 0 saturated carbocycles. The van der Waals surface area contributed by atoms with Gasteiger partial charge in [0.25, 0.3) is 0 Å². The molecule has 3 rings (SSSR count). The molecule has 1 fully saturated rings. The van der Waals surface area contributed by atoms with Crippen molar-refractivity contribution in [2.75, 3.05) is 6.61 Å². The summed E-state index contributed by atoms with van der Waals surface area (Å²) >= 11 is 10.3. The number of halogens is 2. The van der Waals surface area contributed by atoms with E-state index in [2.05, 4.69) is 22.9 Å². The van der Waals surface area contributed by atoms with Crippen molar-refractivity contribution < 1.29 is 4.74 Å². The van der Waals surface area contributed by atoms with Crippen LogP contribution in [0.15, 0.2) is 21.4 Å². The van der Waals surface area contributed by atoms with Crippen LogP contribution >= 0.6 is 27.5 Å². The van der Waals surface area contributed by atoms with Crippen molar-refractivity contribution in [1.29, 1.82) is 0 Å². The van der Waals surface area contributed by atoms with Gasteiger partial charge in [0.1, 0.15) is 0 Å². The standard InChI is InChI=1S/C15H18BrClN2O2/c1-8-9(4-5-21-8)14(17)10-6-12-13(7-11(10)16)19(3)15(20)18(12)2/h6-9,14H,4-5H2,1-3H3. The van der Waals surface area contributed by atoms with Crippen LogP contribution in [0.5, 0.6) is 0 Å². The zero-order chi connectivity index (χ0) is 15.3. The third-order valence-electron chi connectivity index (χ3n) is 4.50. The number of ether oxygens (including phenoxy) is 1. The molecule has 0 radical (unpaired) electrons. The number of aromatic nitrogens is 2. The molecule has 0 spiro atoms. The van der Waals surface area contributed by atoms with E-state index in [9.17, 15) is 4.79 Å². The molecule has 1 aromatic heterocycles. The molecule has 0 amide bonds. The Morgan fingerprint density at radius 2 is 1.95 bits per heavy atom. The Morgan fingerprint density at radius 3 is 2.52 bits per heavy atom. The van der Waals surface area contributed by atoms with Gasteiger partial charge < -0.3 is 4.74 Å². The fourth-order valence-corrected chi connectivity index (χ4v) is 4.33. The highest BCUT2D eigenvalue weighted by Gasteiger charge is 2.33. The second-order valence-corrected chi connectivity index (χ2v) is 7.02. The second-order valence-electron chi connectivity index (χ2n) is 5.69. The van der Waals surface area contributed by atoms with Crippen molar-refractivity contribution in [2.45, 2.75) is 24.8 Å². The van der Waals surface area contributed by atoms with E-state index in [1.807, 2.05) is 12.1 Å². The fourth-order valence-electron chi connectivity index (χ4n) is 3.11. The predicted octanol–water partition coefficient (Wildman–Crippen LogP) is 3.34. The quantitative estimate of drug-likeness (QED) is 0.757. The Balaban J connectivity index is 2.13. The summed E-state index contributed by atoms with van der Waals surface area (Å²) in [6.07, 6.45) is 1.13. The van der Waals surface area contributed by atoms with Crippen molar-refractivity contribution in [2.24, 2.45) is 20.0 Å². The molecule has 21 heavy (non-hydrogen) atoms. The van der Waals surface area contributed by atoms with Crippen LogP contribution in [0.25, 0.3) is 11.0 Å². The SMILES string of the molecule is CC1OCCC1C(Cl)c1cc2c(cc1Br)n(C)c(=O)n2C. The second kappa shape index (κ2) is 5.45. The van der Waals surface area contributed by atoms with Crippen LogP contribution in [-0.4, -0.2) is 21.8 Å². The number of nitrogens with zero attached hydrogens (tertiary/aromatic N) is 2. The number of alkyl halides is 1. The maximum Gasteiger partial charge on any atom is 0.328 e. The summed E-state index contributed by atoms with van der Waals surface area (Å²) in [4.78, 5) is 12.0. The highest BCUT2D eigenvalue weighted by molar-refractivity contribution is 9.10. The molecule has 1 aliphatic rings. The Kier molecular flexibility index (Phi) is 3.93. The molecule has 0 aliphatic carbocycles. The molecular weight excluding hydrogens is 356 g/mol. The van der Waals surface area contributed by atoms with Crippen LogP contribution in [-0.2, 0) is 18.8 Å². The number of fused-ring (bicyclic) bond motifs is 1. The van der Waals surface area contributed by atoms with Crippen LogP contribution in [0.2, 0.25) is 0 Å². The highest BCUT2D eigenvalue weighted by atomic mass is 79.9. The summed E-state index contributed by atoms with van der Waals surface area (Å²) in [6, 6.07) is 3.99. The van der Waals surface area contributed by atoms with E-state index in [1.165, 1.54) is 0 Å². The van der Waals surface area contributed by atoms with Gasteiger partial charge in [-0.2, -0.15) is 0 Å². The van der Waals surface area contributed by atoms with Crippen molar-refractivity contribution in [3.8, 4) is 0 Å². The van der Waals surface area contributed by atoms with Crippen LogP contribution in [0.4, 0.5) is 0 Å². The summed E-state index contributed by atoms with van der Waals surface area (Å²) in [7, 11) is 3.56. The minimum Gasteiger partial charge on any atom is -0.378 e. The fraction of sp³-hybridized carbons (Fsp3) is 0.533. The van der Waals surface area contributed by atoms with Gasteiger partial charge >= 0.3 is 5.69 Å². The Hall–Kier alpha value is -0.780. The van der Waals surface area contributed by atoms with Crippen molar-refractivity contribution in [3.05, 3.63) is 32.7 Å². The van der Waals surface area contributed by atoms with Gasteiger partial charge in [-0.25, -0.2) is 4.79 Å². The first-order valence-electron chi connectivity index (χ1n) is 7.02. The Bertz CT molecular complexity index is 752. The lowest BCUT2D eigenvalue weighted by molar-refractivity contribution is 0.105. The maximum absolute atomic E-state index is 12.0. The monoisotopic (exact) mass is 372 g/mol.